The van der Waals surface area contributed by atoms with E-state index in [4.69, 9.17) is 4.74 Å². The first kappa shape index (κ1) is 22.1. The lowest BCUT2D eigenvalue weighted by Crippen LogP contribution is -2.26. The molecule has 0 saturated heterocycles. The SMILES string of the molecule is CNS(=O)(=O)c1cc([C@@H](O)CNCCOc2ccc3c(c2)[nH]c2ccccc23)ccc1O. The molecule has 0 aliphatic heterocycles. The van der Waals surface area contributed by atoms with Gasteiger partial charge in [-0.2, -0.15) is 0 Å². The van der Waals surface area contributed by atoms with Crippen molar-refractivity contribution in [2.75, 3.05) is 26.7 Å². The van der Waals surface area contributed by atoms with Crippen molar-refractivity contribution >= 4 is 31.8 Å². The Morgan fingerprint density at radius 1 is 1.03 bits per heavy atom. The van der Waals surface area contributed by atoms with Gasteiger partial charge in [-0.3, -0.25) is 0 Å². The third kappa shape index (κ3) is 4.56. The molecule has 4 aromatic rings. The molecule has 32 heavy (non-hydrogen) atoms. The Labute approximate surface area is 185 Å². The summed E-state index contributed by atoms with van der Waals surface area (Å²) in [6, 6.07) is 18.1. The number of sulfonamides is 1. The van der Waals surface area contributed by atoms with E-state index < -0.39 is 16.1 Å². The van der Waals surface area contributed by atoms with Crippen molar-refractivity contribution in [1.82, 2.24) is 15.0 Å². The Hall–Kier alpha value is -3.11. The molecule has 0 bridgehead atoms. The van der Waals surface area contributed by atoms with E-state index in [1.54, 1.807) is 0 Å². The molecule has 0 spiro atoms. The third-order valence-electron chi connectivity index (χ3n) is 5.29. The summed E-state index contributed by atoms with van der Waals surface area (Å²) >= 11 is 0. The number of aromatic nitrogens is 1. The lowest BCUT2D eigenvalue weighted by atomic mass is 10.1. The average Bonchev–Trinajstić information content (AvgIpc) is 3.16. The third-order valence-corrected chi connectivity index (χ3v) is 6.73. The van der Waals surface area contributed by atoms with Crippen molar-refractivity contribution < 1.29 is 23.4 Å². The summed E-state index contributed by atoms with van der Waals surface area (Å²) in [6.45, 7) is 1.09. The minimum Gasteiger partial charge on any atom is -0.507 e. The second kappa shape index (κ2) is 9.17. The van der Waals surface area contributed by atoms with E-state index in [1.807, 2.05) is 36.4 Å². The van der Waals surface area contributed by atoms with Crippen LogP contribution in [0.5, 0.6) is 11.5 Å². The second-order valence-corrected chi connectivity index (χ2v) is 9.24. The number of aromatic hydroxyl groups is 1. The molecule has 0 saturated carbocycles. The maximum atomic E-state index is 12.0. The predicted octanol–water partition coefficient (Wildman–Crippen LogP) is 2.64. The topological polar surface area (TPSA) is 124 Å². The van der Waals surface area contributed by atoms with Gasteiger partial charge in [0.15, 0.2) is 0 Å². The minimum absolute atomic E-state index is 0.203. The number of nitrogens with one attached hydrogen (secondary N) is 3. The number of benzene rings is 3. The van der Waals surface area contributed by atoms with Crippen LogP contribution in [-0.4, -0.2) is 50.4 Å². The zero-order chi connectivity index (χ0) is 22.7. The van der Waals surface area contributed by atoms with Crippen LogP contribution < -0.4 is 14.8 Å². The van der Waals surface area contributed by atoms with Crippen molar-refractivity contribution in [3.8, 4) is 11.5 Å². The van der Waals surface area contributed by atoms with E-state index >= 15 is 0 Å². The number of hydrogen-bond acceptors (Lipinski definition) is 6. The number of aromatic amines is 1. The maximum absolute atomic E-state index is 12.0. The molecule has 0 aliphatic carbocycles. The van der Waals surface area contributed by atoms with E-state index in [0.29, 0.717) is 18.7 Å². The largest absolute Gasteiger partial charge is 0.507 e. The Balaban J connectivity index is 1.31. The molecular formula is C23H25N3O5S. The molecule has 0 fully saturated rings. The summed E-state index contributed by atoms with van der Waals surface area (Å²) < 4.78 is 31.9. The molecule has 0 aliphatic rings. The number of rotatable bonds is 9. The van der Waals surface area contributed by atoms with Gasteiger partial charge in [0, 0.05) is 35.4 Å². The van der Waals surface area contributed by atoms with Gasteiger partial charge in [0.2, 0.25) is 10.0 Å². The summed E-state index contributed by atoms with van der Waals surface area (Å²) in [5, 5.41) is 25.6. The number of fused-ring (bicyclic) bond motifs is 3. The normalized spacial score (nSPS) is 12.9. The predicted molar refractivity (Wildman–Crippen MR) is 123 cm³/mol. The Morgan fingerprint density at radius 3 is 2.62 bits per heavy atom. The van der Waals surface area contributed by atoms with Crippen molar-refractivity contribution in [2.24, 2.45) is 0 Å². The molecule has 0 unspecified atom stereocenters. The van der Waals surface area contributed by atoms with E-state index in [-0.39, 0.29) is 17.2 Å². The summed E-state index contributed by atoms with van der Waals surface area (Å²) in [5.41, 5.74) is 2.47. The smallest absolute Gasteiger partial charge is 0.243 e. The van der Waals surface area contributed by atoms with Gasteiger partial charge in [0.1, 0.15) is 23.0 Å². The van der Waals surface area contributed by atoms with Gasteiger partial charge in [0.05, 0.1) is 11.6 Å². The van der Waals surface area contributed by atoms with Gasteiger partial charge < -0.3 is 25.3 Å². The van der Waals surface area contributed by atoms with Crippen molar-refractivity contribution in [1.29, 1.82) is 0 Å². The lowest BCUT2D eigenvalue weighted by molar-refractivity contribution is 0.171. The van der Waals surface area contributed by atoms with Crippen LogP contribution in [0.4, 0.5) is 0 Å². The van der Waals surface area contributed by atoms with Gasteiger partial charge in [0.25, 0.3) is 0 Å². The molecule has 0 amide bonds. The Morgan fingerprint density at radius 2 is 1.81 bits per heavy atom. The van der Waals surface area contributed by atoms with Gasteiger partial charge in [-0.05, 0) is 42.9 Å². The number of phenols is 1. The van der Waals surface area contributed by atoms with Crippen molar-refractivity contribution in [3.63, 3.8) is 0 Å². The van der Waals surface area contributed by atoms with Crippen LogP contribution in [0.15, 0.2) is 65.6 Å². The standard InChI is InChI=1S/C23H25N3O5S/c1-24-32(29,30)23-12-15(6-9-21(23)27)22(28)14-25-10-11-31-16-7-8-18-17-4-2-3-5-19(17)26-20(18)13-16/h2-9,12-13,22,24-28H,10-11,14H2,1H3/t22-/m0/s1. The molecular weight excluding hydrogens is 430 g/mol. The monoisotopic (exact) mass is 455 g/mol. The van der Waals surface area contributed by atoms with E-state index in [2.05, 4.69) is 21.1 Å². The first-order valence-corrected chi connectivity index (χ1v) is 11.7. The van der Waals surface area contributed by atoms with E-state index in [1.165, 1.54) is 30.6 Å². The molecule has 8 nitrogen and oxygen atoms in total. The Kier molecular flexibility index (Phi) is 6.33. The van der Waals surface area contributed by atoms with Crippen molar-refractivity contribution in [2.45, 2.75) is 11.0 Å². The van der Waals surface area contributed by atoms with Gasteiger partial charge >= 0.3 is 0 Å². The fraction of sp³-hybridized carbons (Fsp3) is 0.217. The van der Waals surface area contributed by atoms with Crippen LogP contribution in [0.3, 0.4) is 0 Å². The molecule has 4 rings (SSSR count). The quantitative estimate of drug-likeness (QED) is 0.247. The first-order chi connectivity index (χ1) is 15.4. The van der Waals surface area contributed by atoms with E-state index in [9.17, 15) is 18.6 Å². The fourth-order valence-electron chi connectivity index (χ4n) is 3.58. The fourth-order valence-corrected chi connectivity index (χ4v) is 4.44. The second-order valence-electron chi connectivity index (χ2n) is 7.38. The maximum Gasteiger partial charge on any atom is 0.243 e. The summed E-state index contributed by atoms with van der Waals surface area (Å²) in [7, 11) is -2.56. The van der Waals surface area contributed by atoms with Crippen LogP contribution in [0.2, 0.25) is 0 Å². The summed E-state index contributed by atoms with van der Waals surface area (Å²) in [4.78, 5) is 3.11. The highest BCUT2D eigenvalue weighted by atomic mass is 32.2. The van der Waals surface area contributed by atoms with Gasteiger partial charge in [-0.15, -0.1) is 0 Å². The first-order valence-electron chi connectivity index (χ1n) is 10.2. The number of ether oxygens (including phenoxy) is 1. The highest BCUT2D eigenvalue weighted by Gasteiger charge is 2.19. The zero-order valence-corrected chi connectivity index (χ0v) is 18.3. The highest BCUT2D eigenvalue weighted by molar-refractivity contribution is 7.89. The summed E-state index contributed by atoms with van der Waals surface area (Å²) in [6.07, 6.45) is -0.941. The van der Waals surface area contributed by atoms with E-state index in [0.717, 1.165) is 22.2 Å². The molecule has 1 heterocycles. The van der Waals surface area contributed by atoms with Crippen LogP contribution in [0.25, 0.3) is 21.8 Å². The molecule has 9 heteroatoms. The molecule has 3 aromatic carbocycles. The number of hydrogen-bond donors (Lipinski definition) is 5. The molecule has 1 atom stereocenters. The molecule has 168 valence electrons. The van der Waals surface area contributed by atoms with Crippen LogP contribution in [0, 0.1) is 0 Å². The average molecular weight is 456 g/mol. The zero-order valence-electron chi connectivity index (χ0n) is 17.5. The molecule has 0 radical (unpaired) electrons. The number of H-pyrrole nitrogens is 1. The van der Waals surface area contributed by atoms with Gasteiger partial charge in [-0.25, -0.2) is 13.1 Å². The van der Waals surface area contributed by atoms with Crippen LogP contribution in [-0.2, 0) is 10.0 Å². The number of phenolic OH excluding ortho intramolecular Hbond substituents is 1. The van der Waals surface area contributed by atoms with Crippen molar-refractivity contribution in [3.05, 3.63) is 66.2 Å². The number of para-hydroxylation sites is 1. The molecule has 5 N–H and O–H groups in total. The van der Waals surface area contributed by atoms with Crippen LogP contribution in [0.1, 0.15) is 11.7 Å². The number of aliphatic hydroxyl groups is 1. The number of aliphatic hydroxyl groups excluding tert-OH is 1. The lowest BCUT2D eigenvalue weighted by Gasteiger charge is -2.14. The highest BCUT2D eigenvalue weighted by Crippen LogP contribution is 2.28. The molecule has 1 aromatic heterocycles. The van der Waals surface area contributed by atoms with Crippen LogP contribution >= 0.6 is 0 Å². The summed E-state index contributed by atoms with van der Waals surface area (Å²) in [5.74, 6) is 0.371. The van der Waals surface area contributed by atoms with Gasteiger partial charge in [-0.1, -0.05) is 24.3 Å². The Bertz CT molecular complexity index is 1350. The minimum atomic E-state index is -3.82.